The average molecular weight is 352 g/mol. The zero-order valence-electron chi connectivity index (χ0n) is 10.3. The maximum atomic E-state index is 13.1. The van der Waals surface area contributed by atoms with Crippen molar-refractivity contribution in [2.75, 3.05) is 5.73 Å². The fraction of sp³-hybridized carbons (Fsp3) is 0. The second-order valence-corrected chi connectivity index (χ2v) is 5.23. The summed E-state index contributed by atoms with van der Waals surface area (Å²) in [6.45, 7) is 0. The van der Waals surface area contributed by atoms with Gasteiger partial charge >= 0.3 is 0 Å². The monoisotopic (exact) mass is 351 g/mol. The van der Waals surface area contributed by atoms with E-state index in [2.05, 4.69) is 21.2 Å². The van der Waals surface area contributed by atoms with Gasteiger partial charge in [0.2, 0.25) is 0 Å². The first-order chi connectivity index (χ1) is 9.90. The summed E-state index contributed by atoms with van der Waals surface area (Å²) in [7, 11) is 0. The fourth-order valence-electron chi connectivity index (χ4n) is 2.19. The molecular weight excluding hydrogens is 345 g/mol. The van der Waals surface area contributed by atoms with E-state index in [1.165, 1.54) is 12.1 Å². The van der Waals surface area contributed by atoms with Crippen LogP contribution in [0.15, 0.2) is 33.5 Å². The van der Waals surface area contributed by atoms with Crippen molar-refractivity contribution in [3.63, 3.8) is 0 Å². The summed E-state index contributed by atoms with van der Waals surface area (Å²) < 4.78 is 14.5. The third-order valence-corrected chi connectivity index (χ3v) is 3.74. The van der Waals surface area contributed by atoms with Crippen LogP contribution in [0.25, 0.3) is 5.69 Å². The van der Waals surface area contributed by atoms with Crippen molar-refractivity contribution < 1.29 is 14.0 Å². The van der Waals surface area contributed by atoms with E-state index in [9.17, 15) is 18.8 Å². The van der Waals surface area contributed by atoms with Gasteiger partial charge in [-0.05, 0) is 34.1 Å². The summed E-state index contributed by atoms with van der Waals surface area (Å²) in [5.41, 5.74) is 5.42. The van der Waals surface area contributed by atoms with E-state index in [0.717, 1.165) is 16.7 Å². The highest BCUT2D eigenvalue weighted by Crippen LogP contribution is 2.27. The molecule has 6 nitrogen and oxygen atoms in total. The van der Waals surface area contributed by atoms with Gasteiger partial charge in [-0.25, -0.2) is 4.39 Å². The molecule has 0 saturated carbocycles. The van der Waals surface area contributed by atoms with Gasteiger partial charge in [0.1, 0.15) is 11.6 Å². The molecule has 1 aliphatic heterocycles. The number of nitrogens with one attached hydrogen (secondary N) is 1. The number of benzene rings is 1. The fourth-order valence-corrected chi connectivity index (χ4v) is 2.72. The number of halogens is 2. The number of amides is 2. The molecule has 2 aromatic rings. The molecule has 106 valence electrons. The molecule has 2 heterocycles. The molecule has 1 aromatic carbocycles. The molecule has 3 rings (SSSR count). The Kier molecular flexibility index (Phi) is 2.91. The number of imide groups is 1. The predicted octanol–water partition coefficient (Wildman–Crippen LogP) is 1.20. The van der Waals surface area contributed by atoms with Gasteiger partial charge in [-0.3, -0.25) is 24.3 Å². The maximum absolute atomic E-state index is 13.1. The zero-order valence-corrected chi connectivity index (χ0v) is 11.9. The molecule has 1 aliphatic rings. The van der Waals surface area contributed by atoms with Gasteiger partial charge in [0.05, 0.1) is 16.8 Å². The topological polar surface area (TPSA) is 94.2 Å². The summed E-state index contributed by atoms with van der Waals surface area (Å²) in [6, 6.07) is 4.70. The molecule has 0 fully saturated rings. The molecule has 0 atom stereocenters. The van der Waals surface area contributed by atoms with Crippen LogP contribution in [0.2, 0.25) is 0 Å². The summed E-state index contributed by atoms with van der Waals surface area (Å²) in [6.07, 6.45) is 0. The van der Waals surface area contributed by atoms with Crippen LogP contribution in [0.1, 0.15) is 20.7 Å². The molecule has 1 aromatic heterocycles. The Hall–Kier alpha value is -2.48. The highest BCUT2D eigenvalue weighted by molar-refractivity contribution is 9.10. The number of nitrogens with zero attached hydrogens (tertiary/aromatic N) is 1. The third-order valence-electron chi connectivity index (χ3n) is 3.10. The standard InChI is InChI=1S/C13H7BrFN3O3/c14-7-3-5(15)1-2-8(7)18-9(19)4-6-10(11(18)16)13(21)17-12(6)20/h1-4H,16H2,(H,17,20,21). The van der Waals surface area contributed by atoms with E-state index in [1.807, 2.05) is 0 Å². The number of anilines is 1. The largest absolute Gasteiger partial charge is 0.384 e. The molecule has 2 amide bonds. The van der Waals surface area contributed by atoms with Crippen molar-refractivity contribution in [1.29, 1.82) is 0 Å². The van der Waals surface area contributed by atoms with Gasteiger partial charge in [-0.1, -0.05) is 0 Å². The second kappa shape index (κ2) is 4.52. The minimum atomic E-state index is -0.667. The highest BCUT2D eigenvalue weighted by Gasteiger charge is 2.32. The number of nitrogen functional groups attached to an aromatic ring is 1. The highest BCUT2D eigenvalue weighted by atomic mass is 79.9. The Morgan fingerprint density at radius 1 is 1.14 bits per heavy atom. The van der Waals surface area contributed by atoms with Gasteiger partial charge in [0.25, 0.3) is 17.4 Å². The Labute approximate surface area is 125 Å². The summed E-state index contributed by atoms with van der Waals surface area (Å²) >= 11 is 3.14. The molecule has 0 saturated heterocycles. The Morgan fingerprint density at radius 3 is 2.52 bits per heavy atom. The average Bonchev–Trinajstić information content (AvgIpc) is 2.67. The van der Waals surface area contributed by atoms with Crippen molar-refractivity contribution >= 4 is 33.6 Å². The normalized spacial score (nSPS) is 13.2. The maximum Gasteiger partial charge on any atom is 0.262 e. The Bertz CT molecular complexity index is 876. The first kappa shape index (κ1) is 13.5. The molecule has 0 spiro atoms. The molecule has 0 radical (unpaired) electrons. The van der Waals surface area contributed by atoms with Crippen molar-refractivity contribution in [2.45, 2.75) is 0 Å². The van der Waals surface area contributed by atoms with Gasteiger partial charge in [0.15, 0.2) is 0 Å². The van der Waals surface area contributed by atoms with E-state index >= 15 is 0 Å². The van der Waals surface area contributed by atoms with E-state index in [1.54, 1.807) is 0 Å². The van der Waals surface area contributed by atoms with Gasteiger partial charge in [0, 0.05) is 10.5 Å². The number of carbonyl (C=O) groups excluding carboxylic acids is 2. The van der Waals surface area contributed by atoms with Gasteiger partial charge in [-0.15, -0.1) is 0 Å². The van der Waals surface area contributed by atoms with E-state index in [-0.39, 0.29) is 22.6 Å². The van der Waals surface area contributed by atoms with Crippen LogP contribution in [0.3, 0.4) is 0 Å². The molecule has 8 heteroatoms. The number of carbonyl (C=O) groups is 2. The van der Waals surface area contributed by atoms with Crippen LogP contribution >= 0.6 is 15.9 Å². The first-order valence-corrected chi connectivity index (χ1v) is 6.56. The number of hydrogen-bond donors (Lipinski definition) is 2. The van der Waals surface area contributed by atoms with E-state index in [4.69, 9.17) is 5.73 Å². The molecule has 0 unspecified atom stereocenters. The third kappa shape index (κ3) is 1.95. The Balaban J connectivity index is 2.35. The summed E-state index contributed by atoms with van der Waals surface area (Å²) in [5.74, 6) is -2.00. The molecule has 3 N–H and O–H groups in total. The van der Waals surface area contributed by atoms with Crippen molar-refractivity contribution in [1.82, 2.24) is 9.88 Å². The van der Waals surface area contributed by atoms with Crippen molar-refractivity contribution in [3.05, 3.63) is 56.0 Å². The van der Waals surface area contributed by atoms with Crippen LogP contribution in [-0.4, -0.2) is 16.4 Å². The number of nitrogens with two attached hydrogens (primary N) is 1. The predicted molar refractivity (Wildman–Crippen MR) is 75.9 cm³/mol. The van der Waals surface area contributed by atoms with Crippen LogP contribution in [0.4, 0.5) is 10.2 Å². The minimum absolute atomic E-state index is 0.0583. The number of aromatic nitrogens is 1. The number of hydrogen-bond acceptors (Lipinski definition) is 4. The molecular formula is C13H7BrFN3O3. The van der Waals surface area contributed by atoms with Gasteiger partial charge < -0.3 is 5.73 Å². The zero-order chi connectivity index (χ0) is 15.3. The quantitative estimate of drug-likeness (QED) is 0.755. The van der Waals surface area contributed by atoms with Crippen LogP contribution in [0, 0.1) is 5.82 Å². The van der Waals surface area contributed by atoms with Gasteiger partial charge in [-0.2, -0.15) is 0 Å². The second-order valence-electron chi connectivity index (χ2n) is 4.37. The summed E-state index contributed by atoms with van der Waals surface area (Å²) in [4.78, 5) is 35.4. The minimum Gasteiger partial charge on any atom is -0.384 e. The molecule has 21 heavy (non-hydrogen) atoms. The lowest BCUT2D eigenvalue weighted by Crippen LogP contribution is -2.24. The Morgan fingerprint density at radius 2 is 1.86 bits per heavy atom. The van der Waals surface area contributed by atoms with Crippen LogP contribution in [-0.2, 0) is 0 Å². The SMILES string of the molecule is Nc1c2c(cc(=O)n1-c1ccc(F)cc1Br)C(=O)NC2=O. The first-order valence-electron chi connectivity index (χ1n) is 5.77. The van der Waals surface area contributed by atoms with Crippen molar-refractivity contribution in [3.8, 4) is 5.69 Å². The molecule has 0 aliphatic carbocycles. The van der Waals surface area contributed by atoms with E-state index < -0.39 is 23.2 Å². The lowest BCUT2D eigenvalue weighted by molar-refractivity contribution is 0.0880. The van der Waals surface area contributed by atoms with E-state index in [0.29, 0.717) is 4.47 Å². The number of pyridine rings is 1. The summed E-state index contributed by atoms with van der Waals surface area (Å²) in [5, 5.41) is 2.07. The van der Waals surface area contributed by atoms with Crippen LogP contribution in [0.5, 0.6) is 0 Å². The van der Waals surface area contributed by atoms with Crippen molar-refractivity contribution in [2.24, 2.45) is 0 Å². The lowest BCUT2D eigenvalue weighted by Gasteiger charge is -2.13. The smallest absolute Gasteiger partial charge is 0.262 e. The number of rotatable bonds is 1. The number of fused-ring (bicyclic) bond motifs is 1. The lowest BCUT2D eigenvalue weighted by atomic mass is 10.1. The van der Waals surface area contributed by atoms with Crippen LogP contribution < -0.4 is 16.6 Å². The molecule has 0 bridgehead atoms.